The molecule has 1 aliphatic heterocycles. The Hall–Kier alpha value is -0.300. The maximum absolute atomic E-state index is 5.52. The van der Waals surface area contributed by atoms with E-state index in [9.17, 15) is 0 Å². The van der Waals surface area contributed by atoms with Crippen LogP contribution in [0.15, 0.2) is 11.6 Å². The van der Waals surface area contributed by atoms with E-state index >= 15 is 0 Å². The molecule has 0 amide bonds. The molecule has 0 unspecified atom stereocenters. The number of hydrogen-bond donors (Lipinski definition) is 0. The molecule has 0 bridgehead atoms. The maximum atomic E-state index is 5.52. The van der Waals surface area contributed by atoms with E-state index in [0.717, 1.165) is 6.61 Å². The van der Waals surface area contributed by atoms with Crippen molar-refractivity contribution in [3.63, 3.8) is 0 Å². The molecule has 0 aliphatic carbocycles. The fourth-order valence-corrected chi connectivity index (χ4v) is 1.45. The Morgan fingerprint density at radius 3 is 2.91 bits per heavy atom. The number of rotatable bonds is 4. The van der Waals surface area contributed by atoms with E-state index in [1.54, 1.807) is 0 Å². The van der Waals surface area contributed by atoms with Gasteiger partial charge in [-0.05, 0) is 18.9 Å². The van der Waals surface area contributed by atoms with Crippen molar-refractivity contribution in [3.05, 3.63) is 11.6 Å². The van der Waals surface area contributed by atoms with Crippen molar-refractivity contribution in [1.82, 2.24) is 0 Å². The van der Waals surface area contributed by atoms with Crippen molar-refractivity contribution in [2.45, 2.75) is 45.6 Å². The third kappa shape index (κ3) is 2.66. The monoisotopic (exact) mass is 154 g/mol. The largest absolute Gasteiger partial charge is 0.370 e. The Labute approximate surface area is 69.4 Å². The van der Waals surface area contributed by atoms with Gasteiger partial charge in [-0.2, -0.15) is 0 Å². The van der Waals surface area contributed by atoms with Gasteiger partial charge in [-0.15, -0.1) is 0 Å². The van der Waals surface area contributed by atoms with Crippen LogP contribution in [0.4, 0.5) is 0 Å². The van der Waals surface area contributed by atoms with E-state index in [1.807, 2.05) is 0 Å². The van der Waals surface area contributed by atoms with Crippen molar-refractivity contribution < 1.29 is 4.74 Å². The first-order chi connectivity index (χ1) is 5.34. The van der Waals surface area contributed by atoms with Gasteiger partial charge in [-0.3, -0.25) is 0 Å². The molecule has 11 heavy (non-hydrogen) atoms. The van der Waals surface area contributed by atoms with Gasteiger partial charge in [0.1, 0.15) is 0 Å². The van der Waals surface area contributed by atoms with E-state index in [-0.39, 0.29) is 0 Å². The Bertz CT molecular complexity index is 138. The highest BCUT2D eigenvalue weighted by molar-refractivity contribution is 5.09. The van der Waals surface area contributed by atoms with Crippen LogP contribution in [0, 0.1) is 0 Å². The molecule has 0 saturated heterocycles. The lowest BCUT2D eigenvalue weighted by molar-refractivity contribution is 0.113. The first-order valence-electron chi connectivity index (χ1n) is 4.63. The second-order valence-electron chi connectivity index (χ2n) is 3.27. The molecule has 1 nitrogen and oxygen atoms in total. The molecule has 64 valence electrons. The summed E-state index contributed by atoms with van der Waals surface area (Å²) in [5, 5.41) is 0. The Kier molecular flexibility index (Phi) is 3.64. The summed E-state index contributed by atoms with van der Waals surface area (Å²) in [6.45, 7) is 5.24. The highest BCUT2D eigenvalue weighted by atomic mass is 16.5. The van der Waals surface area contributed by atoms with Crippen LogP contribution in [-0.4, -0.2) is 12.7 Å². The smallest absolute Gasteiger partial charge is 0.0787 e. The molecule has 1 heteroatoms. The average molecular weight is 154 g/mol. The van der Waals surface area contributed by atoms with Crippen LogP contribution in [-0.2, 0) is 4.74 Å². The standard InChI is InChI=1S/C10H18O/c1-3-4-5-6-10-9(2)7-8-11-10/h7,10H,3-6,8H2,1-2H3/t10-/m1/s1. The highest BCUT2D eigenvalue weighted by Crippen LogP contribution is 2.19. The highest BCUT2D eigenvalue weighted by Gasteiger charge is 2.14. The van der Waals surface area contributed by atoms with Gasteiger partial charge in [0.15, 0.2) is 0 Å². The van der Waals surface area contributed by atoms with Crippen LogP contribution in [0.3, 0.4) is 0 Å². The molecule has 1 aliphatic rings. The van der Waals surface area contributed by atoms with E-state index in [0.29, 0.717) is 6.10 Å². The van der Waals surface area contributed by atoms with Crippen molar-refractivity contribution in [2.75, 3.05) is 6.61 Å². The van der Waals surface area contributed by atoms with Crippen LogP contribution < -0.4 is 0 Å². The molecular formula is C10H18O. The minimum atomic E-state index is 0.446. The summed E-state index contributed by atoms with van der Waals surface area (Å²) in [6.07, 6.45) is 7.81. The summed E-state index contributed by atoms with van der Waals surface area (Å²) in [5.74, 6) is 0. The predicted molar refractivity (Wildman–Crippen MR) is 47.6 cm³/mol. The van der Waals surface area contributed by atoms with E-state index in [1.165, 1.54) is 31.3 Å². The summed E-state index contributed by atoms with van der Waals surface area (Å²) in [7, 11) is 0. The van der Waals surface area contributed by atoms with Gasteiger partial charge in [0.25, 0.3) is 0 Å². The molecule has 0 aromatic heterocycles. The lowest BCUT2D eigenvalue weighted by Crippen LogP contribution is -2.07. The van der Waals surface area contributed by atoms with Gasteiger partial charge in [0.05, 0.1) is 12.7 Å². The average Bonchev–Trinajstić information content (AvgIpc) is 2.37. The molecule has 0 aromatic rings. The summed E-state index contributed by atoms with van der Waals surface area (Å²) in [6, 6.07) is 0. The fourth-order valence-electron chi connectivity index (χ4n) is 1.45. The fraction of sp³-hybridized carbons (Fsp3) is 0.800. The zero-order chi connectivity index (χ0) is 8.10. The van der Waals surface area contributed by atoms with Crippen molar-refractivity contribution in [3.8, 4) is 0 Å². The molecule has 0 aromatic carbocycles. The molecule has 0 spiro atoms. The van der Waals surface area contributed by atoms with Gasteiger partial charge in [-0.25, -0.2) is 0 Å². The third-order valence-corrected chi connectivity index (χ3v) is 2.28. The van der Waals surface area contributed by atoms with Gasteiger partial charge < -0.3 is 4.74 Å². The third-order valence-electron chi connectivity index (χ3n) is 2.28. The number of hydrogen-bond acceptors (Lipinski definition) is 1. The van der Waals surface area contributed by atoms with Crippen LogP contribution in [0.25, 0.3) is 0 Å². The molecular weight excluding hydrogens is 136 g/mol. The minimum Gasteiger partial charge on any atom is -0.370 e. The molecule has 1 atom stereocenters. The lowest BCUT2D eigenvalue weighted by Gasteiger charge is -2.10. The molecule has 1 heterocycles. The zero-order valence-corrected chi connectivity index (χ0v) is 7.60. The Morgan fingerprint density at radius 2 is 2.36 bits per heavy atom. The Morgan fingerprint density at radius 1 is 1.55 bits per heavy atom. The SMILES string of the molecule is CCCCC[C@H]1OCC=C1C. The summed E-state index contributed by atoms with van der Waals surface area (Å²) in [5.41, 5.74) is 1.43. The molecule has 0 saturated carbocycles. The van der Waals surface area contributed by atoms with Crippen LogP contribution in [0.2, 0.25) is 0 Å². The second kappa shape index (κ2) is 4.55. The molecule has 0 fully saturated rings. The molecule has 0 radical (unpaired) electrons. The number of unbranched alkanes of at least 4 members (excludes halogenated alkanes) is 2. The van der Waals surface area contributed by atoms with Gasteiger partial charge in [0.2, 0.25) is 0 Å². The molecule has 1 rings (SSSR count). The Balaban J connectivity index is 2.12. The predicted octanol–water partition coefficient (Wildman–Crippen LogP) is 2.91. The lowest BCUT2D eigenvalue weighted by atomic mass is 10.1. The summed E-state index contributed by atoms with van der Waals surface area (Å²) >= 11 is 0. The van der Waals surface area contributed by atoms with Crippen molar-refractivity contribution in [1.29, 1.82) is 0 Å². The maximum Gasteiger partial charge on any atom is 0.0787 e. The van der Waals surface area contributed by atoms with Crippen molar-refractivity contribution >= 4 is 0 Å². The van der Waals surface area contributed by atoms with Gasteiger partial charge in [0, 0.05) is 0 Å². The molecule has 0 N–H and O–H groups in total. The van der Waals surface area contributed by atoms with E-state index in [2.05, 4.69) is 19.9 Å². The van der Waals surface area contributed by atoms with Gasteiger partial charge in [-0.1, -0.05) is 32.3 Å². The first kappa shape index (κ1) is 8.79. The topological polar surface area (TPSA) is 9.23 Å². The van der Waals surface area contributed by atoms with Gasteiger partial charge >= 0.3 is 0 Å². The van der Waals surface area contributed by atoms with Crippen LogP contribution in [0.1, 0.15) is 39.5 Å². The number of ether oxygens (including phenoxy) is 1. The minimum absolute atomic E-state index is 0.446. The van der Waals surface area contributed by atoms with E-state index < -0.39 is 0 Å². The van der Waals surface area contributed by atoms with Crippen molar-refractivity contribution in [2.24, 2.45) is 0 Å². The second-order valence-corrected chi connectivity index (χ2v) is 3.27. The van der Waals surface area contributed by atoms with Crippen LogP contribution in [0.5, 0.6) is 0 Å². The van der Waals surface area contributed by atoms with Crippen LogP contribution >= 0.6 is 0 Å². The normalized spacial score (nSPS) is 23.8. The summed E-state index contributed by atoms with van der Waals surface area (Å²) < 4.78 is 5.52. The van der Waals surface area contributed by atoms with E-state index in [4.69, 9.17) is 4.74 Å². The summed E-state index contributed by atoms with van der Waals surface area (Å²) in [4.78, 5) is 0. The quantitative estimate of drug-likeness (QED) is 0.447. The zero-order valence-electron chi connectivity index (χ0n) is 7.60. The first-order valence-corrected chi connectivity index (χ1v) is 4.63.